The van der Waals surface area contributed by atoms with Crippen LogP contribution in [0.5, 0.6) is 0 Å². The summed E-state index contributed by atoms with van der Waals surface area (Å²) in [4.78, 5) is 24.9. The Hall–Kier alpha value is -1.45. The van der Waals surface area contributed by atoms with Crippen LogP contribution >= 0.6 is 11.3 Å². The van der Waals surface area contributed by atoms with Crippen LogP contribution in [0.2, 0.25) is 0 Å². The van der Waals surface area contributed by atoms with Crippen molar-refractivity contribution >= 4 is 33.2 Å². The van der Waals surface area contributed by atoms with E-state index in [0.29, 0.717) is 17.8 Å². The number of carbonyl (C=O) groups is 2. The molecule has 0 aliphatic carbocycles. The molecule has 2 N–H and O–H groups in total. The average Bonchev–Trinajstić information content (AvgIpc) is 2.92. The first-order valence-corrected chi connectivity index (χ1v) is 9.95. The van der Waals surface area contributed by atoms with Gasteiger partial charge in [0, 0.05) is 18.0 Å². The van der Waals surface area contributed by atoms with Gasteiger partial charge in [-0.05, 0) is 31.9 Å². The maximum atomic E-state index is 12.0. The Kier molecular flexibility index (Phi) is 7.66. The van der Waals surface area contributed by atoms with Crippen LogP contribution < -0.4 is 10.0 Å². The van der Waals surface area contributed by atoms with Crippen LogP contribution in [0.4, 0.5) is 0 Å². The zero-order chi connectivity index (χ0) is 17.5. The summed E-state index contributed by atoms with van der Waals surface area (Å²) in [6.45, 7) is 4.26. The Morgan fingerprint density at radius 3 is 2.61 bits per heavy atom. The van der Waals surface area contributed by atoms with E-state index in [9.17, 15) is 18.0 Å². The molecule has 0 aliphatic rings. The van der Waals surface area contributed by atoms with Gasteiger partial charge in [-0.1, -0.05) is 6.92 Å². The first-order valence-electron chi connectivity index (χ1n) is 7.25. The van der Waals surface area contributed by atoms with Crippen molar-refractivity contribution < 1.29 is 22.7 Å². The van der Waals surface area contributed by atoms with Crippen molar-refractivity contribution in [2.75, 3.05) is 19.3 Å². The lowest BCUT2D eigenvalue weighted by Crippen LogP contribution is -2.36. The van der Waals surface area contributed by atoms with Gasteiger partial charge in [0.05, 0.1) is 6.26 Å². The van der Waals surface area contributed by atoms with Crippen molar-refractivity contribution in [3.05, 3.63) is 21.9 Å². The van der Waals surface area contributed by atoms with Crippen LogP contribution in [0, 0.1) is 0 Å². The molecule has 1 atom stereocenters. The van der Waals surface area contributed by atoms with E-state index in [0.717, 1.165) is 17.6 Å². The van der Waals surface area contributed by atoms with E-state index in [1.807, 2.05) is 6.92 Å². The molecular weight excluding hydrogens is 340 g/mol. The van der Waals surface area contributed by atoms with E-state index in [1.165, 1.54) is 18.3 Å². The zero-order valence-electron chi connectivity index (χ0n) is 13.4. The lowest BCUT2D eigenvalue weighted by Gasteiger charge is -2.12. The fourth-order valence-corrected chi connectivity index (χ4v) is 3.01. The fraction of sp³-hybridized carbons (Fsp3) is 0.571. The van der Waals surface area contributed by atoms with Gasteiger partial charge in [0.1, 0.15) is 4.88 Å². The molecule has 0 aromatic carbocycles. The molecule has 7 nitrogen and oxygen atoms in total. The van der Waals surface area contributed by atoms with Gasteiger partial charge in [0.15, 0.2) is 6.10 Å². The lowest BCUT2D eigenvalue weighted by molar-refractivity contribution is -0.129. The van der Waals surface area contributed by atoms with Crippen molar-refractivity contribution in [3.63, 3.8) is 0 Å². The molecule has 130 valence electrons. The first kappa shape index (κ1) is 19.6. The normalized spacial score (nSPS) is 12.7. The maximum absolute atomic E-state index is 12.0. The SMILES string of the molecule is CCCNC(=O)C(C)OC(=O)c1ccc(CCNS(C)(=O)=O)s1. The molecule has 0 spiro atoms. The summed E-state index contributed by atoms with van der Waals surface area (Å²) in [6.07, 6.45) is 1.53. The highest BCUT2D eigenvalue weighted by Gasteiger charge is 2.19. The number of esters is 1. The summed E-state index contributed by atoms with van der Waals surface area (Å²) in [5.74, 6) is -0.884. The molecule has 1 aromatic rings. The molecule has 1 rings (SSSR count). The van der Waals surface area contributed by atoms with Crippen molar-refractivity contribution in [3.8, 4) is 0 Å². The van der Waals surface area contributed by atoms with Gasteiger partial charge in [0.2, 0.25) is 10.0 Å². The van der Waals surface area contributed by atoms with Crippen molar-refractivity contribution in [2.24, 2.45) is 0 Å². The second kappa shape index (κ2) is 8.99. The number of hydrogen-bond donors (Lipinski definition) is 2. The third-order valence-corrected chi connectivity index (χ3v) is 4.65. The predicted octanol–water partition coefficient (Wildman–Crippen LogP) is 0.911. The smallest absolute Gasteiger partial charge is 0.349 e. The van der Waals surface area contributed by atoms with Crippen molar-refractivity contribution in [1.29, 1.82) is 0 Å². The number of rotatable bonds is 9. The standard InChI is InChI=1S/C14H22N2O5S2/c1-4-8-15-13(17)10(2)21-14(18)12-6-5-11(22-12)7-9-16-23(3,19)20/h5-6,10,16H,4,7-9H2,1-3H3,(H,15,17). The maximum Gasteiger partial charge on any atom is 0.349 e. The van der Waals surface area contributed by atoms with Gasteiger partial charge >= 0.3 is 5.97 Å². The van der Waals surface area contributed by atoms with Crippen LogP contribution in [-0.4, -0.2) is 45.7 Å². The number of sulfonamides is 1. The Morgan fingerprint density at radius 2 is 2.00 bits per heavy atom. The van der Waals surface area contributed by atoms with Gasteiger partial charge in [-0.2, -0.15) is 0 Å². The van der Waals surface area contributed by atoms with Crippen molar-refractivity contribution in [1.82, 2.24) is 10.0 Å². The van der Waals surface area contributed by atoms with E-state index < -0.39 is 22.1 Å². The minimum absolute atomic E-state index is 0.268. The topological polar surface area (TPSA) is 102 Å². The average molecular weight is 362 g/mol. The second-order valence-corrected chi connectivity index (χ2v) is 8.02. The molecule has 1 heterocycles. The van der Waals surface area contributed by atoms with E-state index in [2.05, 4.69) is 10.0 Å². The van der Waals surface area contributed by atoms with Crippen molar-refractivity contribution in [2.45, 2.75) is 32.8 Å². The Morgan fingerprint density at radius 1 is 1.30 bits per heavy atom. The molecule has 0 radical (unpaired) electrons. The monoisotopic (exact) mass is 362 g/mol. The predicted molar refractivity (Wildman–Crippen MR) is 89.0 cm³/mol. The minimum Gasteiger partial charge on any atom is -0.448 e. The Labute approximate surface area is 140 Å². The first-order chi connectivity index (χ1) is 10.7. The molecule has 0 aliphatic heterocycles. The molecule has 9 heteroatoms. The number of ether oxygens (including phenoxy) is 1. The van der Waals surface area contributed by atoms with Gasteiger partial charge in [-0.25, -0.2) is 17.9 Å². The highest BCUT2D eigenvalue weighted by Crippen LogP contribution is 2.18. The van der Waals surface area contributed by atoms with Gasteiger partial charge < -0.3 is 10.1 Å². The molecule has 0 saturated heterocycles. The van der Waals surface area contributed by atoms with E-state index in [-0.39, 0.29) is 12.5 Å². The summed E-state index contributed by atoms with van der Waals surface area (Å²) < 4.78 is 29.5. The Bertz CT molecular complexity index is 639. The quantitative estimate of drug-likeness (QED) is 0.636. The molecule has 1 amide bonds. The minimum atomic E-state index is -3.22. The second-order valence-electron chi connectivity index (χ2n) is 5.02. The molecule has 1 unspecified atom stereocenters. The number of amides is 1. The summed E-state index contributed by atoms with van der Waals surface area (Å²) in [6, 6.07) is 3.35. The summed E-state index contributed by atoms with van der Waals surface area (Å²) >= 11 is 1.22. The summed E-state index contributed by atoms with van der Waals surface area (Å²) in [5, 5.41) is 2.66. The third-order valence-electron chi connectivity index (χ3n) is 2.80. The molecule has 0 fully saturated rings. The van der Waals surface area contributed by atoms with Crippen LogP contribution in [-0.2, 0) is 26.0 Å². The van der Waals surface area contributed by atoms with E-state index in [1.54, 1.807) is 12.1 Å². The number of carbonyl (C=O) groups excluding carboxylic acids is 2. The van der Waals surface area contributed by atoms with Crippen LogP contribution in [0.1, 0.15) is 34.8 Å². The number of hydrogen-bond acceptors (Lipinski definition) is 6. The lowest BCUT2D eigenvalue weighted by atomic mass is 10.3. The highest BCUT2D eigenvalue weighted by atomic mass is 32.2. The van der Waals surface area contributed by atoms with Crippen LogP contribution in [0.25, 0.3) is 0 Å². The summed E-state index contributed by atoms with van der Waals surface area (Å²) in [7, 11) is -3.22. The van der Waals surface area contributed by atoms with Gasteiger partial charge in [-0.3, -0.25) is 4.79 Å². The number of thiophene rings is 1. The van der Waals surface area contributed by atoms with Gasteiger partial charge in [0.25, 0.3) is 5.91 Å². The number of nitrogens with one attached hydrogen (secondary N) is 2. The molecule has 0 bridgehead atoms. The third kappa shape index (κ3) is 7.58. The van der Waals surface area contributed by atoms with E-state index >= 15 is 0 Å². The van der Waals surface area contributed by atoms with E-state index in [4.69, 9.17) is 4.74 Å². The largest absolute Gasteiger partial charge is 0.448 e. The molecule has 23 heavy (non-hydrogen) atoms. The van der Waals surface area contributed by atoms with Gasteiger partial charge in [-0.15, -0.1) is 11.3 Å². The molecular formula is C14H22N2O5S2. The summed E-state index contributed by atoms with van der Waals surface area (Å²) in [5.41, 5.74) is 0. The molecule has 1 aromatic heterocycles. The van der Waals surface area contributed by atoms with Crippen LogP contribution in [0.15, 0.2) is 12.1 Å². The Balaban J connectivity index is 2.50. The fourth-order valence-electron chi connectivity index (χ4n) is 1.65. The molecule has 0 saturated carbocycles. The highest BCUT2D eigenvalue weighted by molar-refractivity contribution is 7.88. The zero-order valence-corrected chi connectivity index (χ0v) is 15.1. The van der Waals surface area contributed by atoms with Crippen LogP contribution in [0.3, 0.4) is 0 Å².